The summed E-state index contributed by atoms with van der Waals surface area (Å²) >= 11 is 0. The summed E-state index contributed by atoms with van der Waals surface area (Å²) in [6.45, 7) is 9.99. The number of pyridine rings is 1. The molecule has 0 aliphatic carbocycles. The van der Waals surface area contributed by atoms with E-state index in [0.717, 1.165) is 19.0 Å². The molecule has 112 valence electrons. The number of nitrogens with one attached hydrogen (secondary N) is 1. The Balaban J connectivity index is 2.24. The highest BCUT2D eigenvalue weighted by Crippen LogP contribution is 2.26. The van der Waals surface area contributed by atoms with Gasteiger partial charge in [-0.2, -0.15) is 0 Å². The van der Waals surface area contributed by atoms with E-state index >= 15 is 0 Å². The van der Waals surface area contributed by atoms with Crippen molar-refractivity contribution in [1.82, 2.24) is 10.3 Å². The van der Waals surface area contributed by atoms with E-state index in [0.29, 0.717) is 5.92 Å². The zero-order valence-corrected chi connectivity index (χ0v) is 13.4. The third-order valence-electron chi connectivity index (χ3n) is 4.28. The van der Waals surface area contributed by atoms with Crippen LogP contribution >= 0.6 is 0 Å². The molecule has 3 nitrogen and oxygen atoms in total. The van der Waals surface area contributed by atoms with Crippen molar-refractivity contribution < 1.29 is 0 Å². The summed E-state index contributed by atoms with van der Waals surface area (Å²) < 4.78 is 0. The van der Waals surface area contributed by atoms with Gasteiger partial charge in [0, 0.05) is 25.3 Å². The lowest BCUT2D eigenvalue weighted by Crippen LogP contribution is -2.36. The summed E-state index contributed by atoms with van der Waals surface area (Å²) in [7, 11) is 2.00. The molecule has 1 aliphatic heterocycles. The lowest BCUT2D eigenvalue weighted by molar-refractivity contribution is 0.402. The maximum absolute atomic E-state index is 4.91. The maximum atomic E-state index is 4.91. The molecule has 1 saturated heterocycles. The Morgan fingerprint density at radius 2 is 2.20 bits per heavy atom. The van der Waals surface area contributed by atoms with Crippen molar-refractivity contribution in [1.29, 1.82) is 0 Å². The minimum absolute atomic E-state index is 0.484. The van der Waals surface area contributed by atoms with Crippen LogP contribution in [0.15, 0.2) is 12.1 Å². The first-order valence-electron chi connectivity index (χ1n) is 8.04. The first-order chi connectivity index (χ1) is 9.63. The van der Waals surface area contributed by atoms with E-state index < -0.39 is 0 Å². The van der Waals surface area contributed by atoms with Crippen LogP contribution in [0.3, 0.4) is 0 Å². The van der Waals surface area contributed by atoms with E-state index in [-0.39, 0.29) is 0 Å². The van der Waals surface area contributed by atoms with E-state index in [1.54, 1.807) is 0 Å². The largest absolute Gasteiger partial charge is 0.356 e. The molecule has 1 N–H and O–H groups in total. The summed E-state index contributed by atoms with van der Waals surface area (Å²) in [5.41, 5.74) is 2.56. The topological polar surface area (TPSA) is 28.2 Å². The molecular weight excluding hydrogens is 246 g/mol. The molecular formula is C17H29N3. The van der Waals surface area contributed by atoms with Gasteiger partial charge in [0.2, 0.25) is 0 Å². The molecule has 0 aromatic carbocycles. The van der Waals surface area contributed by atoms with Crippen LogP contribution in [0.25, 0.3) is 0 Å². The summed E-state index contributed by atoms with van der Waals surface area (Å²) in [5, 5.41) is 3.25. The number of hydrogen-bond donors (Lipinski definition) is 1. The van der Waals surface area contributed by atoms with Gasteiger partial charge in [-0.25, -0.2) is 4.98 Å². The fraction of sp³-hybridized carbons (Fsp3) is 0.706. The van der Waals surface area contributed by atoms with Crippen molar-refractivity contribution >= 4 is 5.82 Å². The van der Waals surface area contributed by atoms with Crippen LogP contribution in [-0.4, -0.2) is 25.1 Å². The molecule has 20 heavy (non-hydrogen) atoms. The van der Waals surface area contributed by atoms with Gasteiger partial charge in [-0.05, 0) is 49.4 Å². The van der Waals surface area contributed by atoms with E-state index in [1.165, 1.54) is 42.9 Å². The van der Waals surface area contributed by atoms with Crippen molar-refractivity contribution in [3.05, 3.63) is 23.4 Å². The van der Waals surface area contributed by atoms with Crippen molar-refractivity contribution in [2.24, 2.45) is 5.92 Å². The molecule has 1 atom stereocenters. The molecule has 1 aromatic rings. The molecule has 1 unspecified atom stereocenters. The van der Waals surface area contributed by atoms with Gasteiger partial charge in [-0.1, -0.05) is 27.2 Å². The second kappa shape index (κ2) is 7.07. The Morgan fingerprint density at radius 3 is 2.85 bits per heavy atom. The second-order valence-electron chi connectivity index (χ2n) is 6.31. The number of nitrogens with zero attached hydrogens (tertiary/aromatic N) is 2. The zero-order valence-electron chi connectivity index (χ0n) is 13.4. The SMILES string of the molecule is CCC1CCCN(c2cc(CNC)cc(C(C)C)n2)C1. The van der Waals surface area contributed by atoms with Crippen molar-refractivity contribution in [2.45, 2.75) is 52.5 Å². The first-order valence-corrected chi connectivity index (χ1v) is 8.04. The van der Waals surface area contributed by atoms with Crippen molar-refractivity contribution in [2.75, 3.05) is 25.0 Å². The van der Waals surface area contributed by atoms with Gasteiger partial charge in [0.25, 0.3) is 0 Å². The number of anilines is 1. The van der Waals surface area contributed by atoms with Gasteiger partial charge in [-0.15, -0.1) is 0 Å². The van der Waals surface area contributed by atoms with E-state index in [1.807, 2.05) is 7.05 Å². The van der Waals surface area contributed by atoms with Crippen LogP contribution in [0.1, 0.15) is 57.2 Å². The molecule has 0 radical (unpaired) electrons. The third-order valence-corrected chi connectivity index (χ3v) is 4.28. The maximum Gasteiger partial charge on any atom is 0.129 e. The molecule has 2 rings (SSSR count). The van der Waals surface area contributed by atoms with E-state index in [2.05, 4.69) is 43.1 Å². The Kier molecular flexibility index (Phi) is 5.41. The predicted molar refractivity (Wildman–Crippen MR) is 86.3 cm³/mol. The highest BCUT2D eigenvalue weighted by Gasteiger charge is 2.20. The Morgan fingerprint density at radius 1 is 1.40 bits per heavy atom. The third kappa shape index (κ3) is 3.72. The molecule has 3 heteroatoms. The molecule has 1 fully saturated rings. The number of aromatic nitrogens is 1. The minimum atomic E-state index is 0.484. The smallest absolute Gasteiger partial charge is 0.129 e. The molecule has 1 aromatic heterocycles. The van der Waals surface area contributed by atoms with Crippen LogP contribution < -0.4 is 10.2 Å². The summed E-state index contributed by atoms with van der Waals surface area (Å²) in [6.07, 6.45) is 3.96. The van der Waals surface area contributed by atoms with Crippen LogP contribution in [-0.2, 0) is 6.54 Å². The lowest BCUT2D eigenvalue weighted by Gasteiger charge is -2.33. The van der Waals surface area contributed by atoms with Crippen LogP contribution in [0, 0.1) is 5.92 Å². The van der Waals surface area contributed by atoms with Gasteiger partial charge < -0.3 is 10.2 Å². The Labute approximate surface area is 123 Å². The molecule has 1 aliphatic rings. The minimum Gasteiger partial charge on any atom is -0.356 e. The highest BCUT2D eigenvalue weighted by molar-refractivity contribution is 5.44. The number of piperidine rings is 1. The van der Waals surface area contributed by atoms with Crippen molar-refractivity contribution in [3.63, 3.8) is 0 Å². The standard InChI is InChI=1S/C17H29N3/c1-5-14-7-6-8-20(12-14)17-10-15(11-18-4)9-16(19-17)13(2)3/h9-10,13-14,18H,5-8,11-12H2,1-4H3. The number of hydrogen-bond acceptors (Lipinski definition) is 3. The fourth-order valence-corrected chi connectivity index (χ4v) is 2.96. The summed E-state index contributed by atoms with van der Waals surface area (Å²) in [6, 6.07) is 4.51. The summed E-state index contributed by atoms with van der Waals surface area (Å²) in [4.78, 5) is 7.39. The average molecular weight is 275 g/mol. The van der Waals surface area contributed by atoms with Gasteiger partial charge in [0.15, 0.2) is 0 Å². The monoisotopic (exact) mass is 275 g/mol. The molecule has 2 heterocycles. The fourth-order valence-electron chi connectivity index (χ4n) is 2.96. The van der Waals surface area contributed by atoms with E-state index in [9.17, 15) is 0 Å². The van der Waals surface area contributed by atoms with Crippen LogP contribution in [0.4, 0.5) is 5.82 Å². The van der Waals surface area contributed by atoms with Crippen LogP contribution in [0.2, 0.25) is 0 Å². The molecule has 0 spiro atoms. The Hall–Kier alpha value is -1.09. The normalized spacial score (nSPS) is 19.6. The zero-order chi connectivity index (χ0) is 14.5. The predicted octanol–water partition coefficient (Wildman–Crippen LogP) is 3.55. The van der Waals surface area contributed by atoms with Gasteiger partial charge in [0.05, 0.1) is 0 Å². The lowest BCUT2D eigenvalue weighted by atomic mass is 9.95. The quantitative estimate of drug-likeness (QED) is 0.890. The number of rotatable bonds is 5. The average Bonchev–Trinajstić information content (AvgIpc) is 2.47. The molecule has 0 saturated carbocycles. The summed E-state index contributed by atoms with van der Waals surface area (Å²) in [5.74, 6) is 2.50. The van der Waals surface area contributed by atoms with Gasteiger partial charge in [0.1, 0.15) is 5.82 Å². The molecule has 0 bridgehead atoms. The molecule has 0 amide bonds. The van der Waals surface area contributed by atoms with Crippen LogP contribution in [0.5, 0.6) is 0 Å². The van der Waals surface area contributed by atoms with Gasteiger partial charge >= 0.3 is 0 Å². The first kappa shape index (κ1) is 15.3. The second-order valence-corrected chi connectivity index (χ2v) is 6.31. The van der Waals surface area contributed by atoms with Crippen molar-refractivity contribution in [3.8, 4) is 0 Å². The van der Waals surface area contributed by atoms with Gasteiger partial charge in [-0.3, -0.25) is 0 Å². The van der Waals surface area contributed by atoms with E-state index in [4.69, 9.17) is 4.98 Å². The Bertz CT molecular complexity index is 428. The highest BCUT2D eigenvalue weighted by atomic mass is 15.2.